The first-order valence-electron chi connectivity index (χ1n) is 5.93. The standard InChI is InChI=1S/C13H17FN2O/c1-10-13(17)16(7-3-6-15-10)9-11-4-2-5-12(14)8-11/h2,4-5,8,10,15H,3,6-7,9H2,1H3. The molecule has 1 amide bonds. The molecule has 0 aliphatic carbocycles. The highest BCUT2D eigenvalue weighted by molar-refractivity contribution is 5.81. The Balaban J connectivity index is 2.08. The van der Waals surface area contributed by atoms with Gasteiger partial charge in [0, 0.05) is 13.1 Å². The van der Waals surface area contributed by atoms with Crippen LogP contribution in [-0.2, 0) is 11.3 Å². The first-order chi connectivity index (χ1) is 8.16. The number of benzene rings is 1. The minimum absolute atomic E-state index is 0.0896. The largest absolute Gasteiger partial charge is 0.337 e. The molecule has 1 aliphatic heterocycles. The summed E-state index contributed by atoms with van der Waals surface area (Å²) in [5.74, 6) is -0.164. The molecular weight excluding hydrogens is 219 g/mol. The quantitative estimate of drug-likeness (QED) is 0.844. The minimum Gasteiger partial charge on any atom is -0.337 e. The van der Waals surface area contributed by atoms with E-state index in [9.17, 15) is 9.18 Å². The van der Waals surface area contributed by atoms with Crippen LogP contribution < -0.4 is 5.32 Å². The minimum atomic E-state index is -0.254. The second-order valence-electron chi connectivity index (χ2n) is 4.42. The van der Waals surface area contributed by atoms with Crippen molar-refractivity contribution in [2.45, 2.75) is 25.9 Å². The summed E-state index contributed by atoms with van der Waals surface area (Å²) in [6, 6.07) is 6.27. The van der Waals surface area contributed by atoms with Gasteiger partial charge in [0.25, 0.3) is 0 Å². The van der Waals surface area contributed by atoms with Crippen molar-refractivity contribution in [2.75, 3.05) is 13.1 Å². The van der Waals surface area contributed by atoms with Crippen molar-refractivity contribution in [1.29, 1.82) is 0 Å². The zero-order valence-electron chi connectivity index (χ0n) is 9.95. The molecule has 0 aromatic heterocycles. The third-order valence-electron chi connectivity index (χ3n) is 3.00. The molecule has 17 heavy (non-hydrogen) atoms. The summed E-state index contributed by atoms with van der Waals surface area (Å²) in [6.07, 6.45) is 0.936. The molecule has 1 fully saturated rings. The van der Waals surface area contributed by atoms with Gasteiger partial charge in [0.15, 0.2) is 0 Å². The molecule has 1 aromatic rings. The molecule has 2 rings (SSSR count). The number of nitrogens with zero attached hydrogens (tertiary/aromatic N) is 1. The van der Waals surface area contributed by atoms with Crippen molar-refractivity contribution in [3.05, 3.63) is 35.6 Å². The van der Waals surface area contributed by atoms with Crippen molar-refractivity contribution in [3.63, 3.8) is 0 Å². The molecule has 1 atom stereocenters. The lowest BCUT2D eigenvalue weighted by Crippen LogP contribution is -2.41. The summed E-state index contributed by atoms with van der Waals surface area (Å²) in [5.41, 5.74) is 0.840. The molecule has 0 spiro atoms. The van der Waals surface area contributed by atoms with Gasteiger partial charge in [-0.15, -0.1) is 0 Å². The zero-order valence-corrected chi connectivity index (χ0v) is 9.95. The van der Waals surface area contributed by atoms with E-state index >= 15 is 0 Å². The van der Waals surface area contributed by atoms with E-state index in [1.807, 2.05) is 13.0 Å². The van der Waals surface area contributed by atoms with Gasteiger partial charge in [-0.25, -0.2) is 4.39 Å². The Morgan fingerprint density at radius 3 is 3.12 bits per heavy atom. The van der Waals surface area contributed by atoms with E-state index in [0.29, 0.717) is 6.54 Å². The first kappa shape index (κ1) is 12.0. The van der Waals surface area contributed by atoms with Gasteiger partial charge in [0.1, 0.15) is 5.82 Å². The van der Waals surface area contributed by atoms with Crippen LogP contribution in [0.2, 0.25) is 0 Å². The van der Waals surface area contributed by atoms with Crippen LogP contribution >= 0.6 is 0 Å². The predicted octanol–water partition coefficient (Wildman–Crippen LogP) is 1.54. The lowest BCUT2D eigenvalue weighted by molar-refractivity contribution is -0.132. The predicted molar refractivity (Wildman–Crippen MR) is 63.9 cm³/mol. The maximum atomic E-state index is 13.1. The van der Waals surface area contributed by atoms with Gasteiger partial charge in [-0.05, 0) is 37.6 Å². The molecule has 3 nitrogen and oxygen atoms in total. The normalized spacial score (nSPS) is 21.4. The van der Waals surface area contributed by atoms with Crippen molar-refractivity contribution < 1.29 is 9.18 Å². The van der Waals surface area contributed by atoms with Crippen LogP contribution in [0.3, 0.4) is 0 Å². The molecule has 4 heteroatoms. The lowest BCUT2D eigenvalue weighted by Gasteiger charge is -2.22. The first-order valence-corrected chi connectivity index (χ1v) is 5.93. The molecule has 1 N–H and O–H groups in total. The monoisotopic (exact) mass is 236 g/mol. The van der Waals surface area contributed by atoms with E-state index in [1.54, 1.807) is 11.0 Å². The molecule has 1 aliphatic rings. The van der Waals surface area contributed by atoms with E-state index in [4.69, 9.17) is 0 Å². The Labute approximate surface area is 101 Å². The van der Waals surface area contributed by atoms with Gasteiger partial charge >= 0.3 is 0 Å². The van der Waals surface area contributed by atoms with Gasteiger partial charge in [-0.1, -0.05) is 12.1 Å². The number of carbonyl (C=O) groups excluding carboxylic acids is 1. The molecule has 0 radical (unpaired) electrons. The number of halogens is 1. The zero-order chi connectivity index (χ0) is 12.3. The Kier molecular flexibility index (Phi) is 3.74. The third-order valence-corrected chi connectivity index (χ3v) is 3.00. The molecule has 1 heterocycles. The molecular formula is C13H17FN2O. The summed E-state index contributed by atoms with van der Waals surface area (Å²) in [6.45, 7) is 3.94. The molecule has 1 unspecified atom stereocenters. The van der Waals surface area contributed by atoms with Gasteiger partial charge < -0.3 is 10.2 Å². The van der Waals surface area contributed by atoms with Crippen molar-refractivity contribution in [2.24, 2.45) is 0 Å². The van der Waals surface area contributed by atoms with Crippen LogP contribution in [0.5, 0.6) is 0 Å². The maximum absolute atomic E-state index is 13.1. The maximum Gasteiger partial charge on any atom is 0.239 e. The second-order valence-corrected chi connectivity index (χ2v) is 4.42. The lowest BCUT2D eigenvalue weighted by atomic mass is 10.2. The topological polar surface area (TPSA) is 32.3 Å². The smallest absolute Gasteiger partial charge is 0.239 e. The molecule has 1 saturated heterocycles. The number of rotatable bonds is 2. The Hall–Kier alpha value is -1.42. The van der Waals surface area contributed by atoms with Crippen LogP contribution in [0.4, 0.5) is 4.39 Å². The van der Waals surface area contributed by atoms with E-state index in [1.165, 1.54) is 12.1 Å². The van der Waals surface area contributed by atoms with E-state index in [0.717, 1.165) is 25.1 Å². The van der Waals surface area contributed by atoms with E-state index in [-0.39, 0.29) is 17.8 Å². The highest BCUT2D eigenvalue weighted by atomic mass is 19.1. The highest BCUT2D eigenvalue weighted by Crippen LogP contribution is 2.10. The van der Waals surface area contributed by atoms with Crippen molar-refractivity contribution in [3.8, 4) is 0 Å². The SMILES string of the molecule is CC1NCCCN(Cc2cccc(F)c2)C1=O. The van der Waals surface area contributed by atoms with Crippen LogP contribution in [0.1, 0.15) is 18.9 Å². The van der Waals surface area contributed by atoms with Gasteiger partial charge in [-0.2, -0.15) is 0 Å². The third kappa shape index (κ3) is 3.03. The van der Waals surface area contributed by atoms with E-state index < -0.39 is 0 Å². The highest BCUT2D eigenvalue weighted by Gasteiger charge is 2.22. The molecule has 1 aromatic carbocycles. The molecule has 0 bridgehead atoms. The number of carbonyl (C=O) groups is 1. The molecule has 0 saturated carbocycles. The van der Waals surface area contributed by atoms with Gasteiger partial charge in [0.2, 0.25) is 5.91 Å². The summed E-state index contributed by atoms with van der Waals surface area (Å²) in [5, 5.41) is 3.16. The van der Waals surface area contributed by atoms with Crippen LogP contribution in [0.15, 0.2) is 24.3 Å². The summed E-state index contributed by atoms with van der Waals surface area (Å²) < 4.78 is 13.1. The fraction of sp³-hybridized carbons (Fsp3) is 0.462. The van der Waals surface area contributed by atoms with Crippen molar-refractivity contribution >= 4 is 5.91 Å². The number of hydrogen-bond acceptors (Lipinski definition) is 2. The Morgan fingerprint density at radius 2 is 2.35 bits per heavy atom. The second kappa shape index (κ2) is 5.27. The van der Waals surface area contributed by atoms with E-state index in [2.05, 4.69) is 5.32 Å². The van der Waals surface area contributed by atoms with Gasteiger partial charge in [-0.3, -0.25) is 4.79 Å². The Bertz CT molecular complexity index is 408. The Morgan fingerprint density at radius 1 is 1.53 bits per heavy atom. The van der Waals surface area contributed by atoms with Gasteiger partial charge in [0.05, 0.1) is 6.04 Å². The fourth-order valence-electron chi connectivity index (χ4n) is 2.07. The summed E-state index contributed by atoms with van der Waals surface area (Å²) >= 11 is 0. The van der Waals surface area contributed by atoms with Crippen LogP contribution in [0, 0.1) is 5.82 Å². The average Bonchev–Trinajstić information content (AvgIpc) is 2.45. The van der Waals surface area contributed by atoms with Crippen LogP contribution in [0.25, 0.3) is 0 Å². The molecule has 92 valence electrons. The van der Waals surface area contributed by atoms with Crippen molar-refractivity contribution in [1.82, 2.24) is 10.2 Å². The summed E-state index contributed by atoms with van der Waals surface area (Å²) in [4.78, 5) is 13.8. The number of nitrogens with one attached hydrogen (secondary N) is 1. The van der Waals surface area contributed by atoms with Crippen LogP contribution in [-0.4, -0.2) is 29.9 Å². The fourth-order valence-corrected chi connectivity index (χ4v) is 2.07. The number of hydrogen-bond donors (Lipinski definition) is 1. The average molecular weight is 236 g/mol. The number of amides is 1. The summed E-state index contributed by atoms with van der Waals surface area (Å²) in [7, 11) is 0.